The van der Waals surface area contributed by atoms with E-state index in [1.54, 1.807) is 45.0 Å². The van der Waals surface area contributed by atoms with Gasteiger partial charge in [-0.1, -0.05) is 6.07 Å². The maximum absolute atomic E-state index is 12.6. The third kappa shape index (κ3) is 5.12. The van der Waals surface area contributed by atoms with Gasteiger partial charge in [0.1, 0.15) is 5.69 Å². The Morgan fingerprint density at radius 3 is 2.34 bits per heavy atom. The molecule has 2 N–H and O–H groups in total. The Bertz CT molecular complexity index is 1150. The number of hydrogen-bond acceptors (Lipinski definition) is 7. The number of amides is 1. The second-order valence-corrected chi connectivity index (χ2v) is 7.80. The summed E-state index contributed by atoms with van der Waals surface area (Å²) in [5.41, 5.74) is 2.22. The molecule has 9 heteroatoms. The third-order valence-corrected chi connectivity index (χ3v) is 5.52. The zero-order valence-corrected chi connectivity index (χ0v) is 18.6. The molecule has 0 saturated carbocycles. The Morgan fingerprint density at radius 1 is 1.00 bits per heavy atom. The number of carbonyl (C=O) groups excluding carboxylic acids is 4. The first-order chi connectivity index (χ1) is 15.3. The van der Waals surface area contributed by atoms with E-state index in [9.17, 15) is 19.2 Å². The molecule has 1 amide bonds. The van der Waals surface area contributed by atoms with Gasteiger partial charge in [0.15, 0.2) is 6.61 Å². The first-order valence-electron chi connectivity index (χ1n) is 9.83. The fourth-order valence-corrected chi connectivity index (χ4v) is 3.77. The predicted molar refractivity (Wildman–Crippen MR) is 120 cm³/mol. The van der Waals surface area contributed by atoms with Crippen LogP contribution in [0.1, 0.15) is 59.1 Å². The molecule has 166 valence electrons. The number of Topliss-reactive ketones (excluding diaryl/α,β-unsaturated/α-hetero) is 1. The van der Waals surface area contributed by atoms with Crippen molar-refractivity contribution in [2.75, 3.05) is 18.5 Å². The fraction of sp³-hybridized carbons (Fsp3) is 0.217. The van der Waals surface area contributed by atoms with Gasteiger partial charge < -0.3 is 19.8 Å². The number of aromatic amines is 1. The van der Waals surface area contributed by atoms with E-state index in [1.807, 2.05) is 5.38 Å². The Labute approximate surface area is 188 Å². The molecule has 2 heterocycles. The van der Waals surface area contributed by atoms with E-state index in [2.05, 4.69) is 10.3 Å². The van der Waals surface area contributed by atoms with Crippen LogP contribution in [-0.4, -0.2) is 41.8 Å². The molecule has 0 bridgehead atoms. The van der Waals surface area contributed by atoms with Crippen LogP contribution in [0.5, 0.6) is 0 Å². The minimum Gasteiger partial charge on any atom is -0.461 e. The SMILES string of the molecule is CCOC(=O)c1[nH]c(C)c(C(=O)COC(=O)c2ccc(NC(=O)c3cccs3)cc2)c1C. The van der Waals surface area contributed by atoms with Crippen molar-refractivity contribution in [3.8, 4) is 0 Å². The van der Waals surface area contributed by atoms with Crippen molar-refractivity contribution < 1.29 is 28.7 Å². The van der Waals surface area contributed by atoms with E-state index in [0.29, 0.717) is 27.4 Å². The Kier molecular flexibility index (Phi) is 7.21. The minimum atomic E-state index is -0.675. The van der Waals surface area contributed by atoms with Crippen molar-refractivity contribution in [1.82, 2.24) is 4.98 Å². The normalized spacial score (nSPS) is 10.5. The van der Waals surface area contributed by atoms with Crippen molar-refractivity contribution in [2.45, 2.75) is 20.8 Å². The van der Waals surface area contributed by atoms with Gasteiger partial charge in [-0.25, -0.2) is 9.59 Å². The van der Waals surface area contributed by atoms with Crippen LogP contribution in [0.15, 0.2) is 41.8 Å². The van der Waals surface area contributed by atoms with E-state index in [4.69, 9.17) is 9.47 Å². The van der Waals surface area contributed by atoms with Crippen LogP contribution in [-0.2, 0) is 9.47 Å². The topological polar surface area (TPSA) is 115 Å². The number of thiophene rings is 1. The van der Waals surface area contributed by atoms with Crippen molar-refractivity contribution in [2.24, 2.45) is 0 Å². The Morgan fingerprint density at radius 2 is 1.72 bits per heavy atom. The summed E-state index contributed by atoms with van der Waals surface area (Å²) in [6.07, 6.45) is 0. The van der Waals surface area contributed by atoms with Crippen molar-refractivity contribution in [3.63, 3.8) is 0 Å². The molecule has 3 aromatic rings. The highest BCUT2D eigenvalue weighted by molar-refractivity contribution is 7.12. The van der Waals surface area contributed by atoms with Crippen LogP contribution < -0.4 is 5.32 Å². The Hall–Kier alpha value is -3.72. The lowest BCUT2D eigenvalue weighted by molar-refractivity contribution is 0.0473. The first kappa shape index (κ1) is 23.0. The number of rotatable bonds is 8. The summed E-state index contributed by atoms with van der Waals surface area (Å²) in [5.74, 6) is -1.89. The van der Waals surface area contributed by atoms with Gasteiger partial charge in [0.25, 0.3) is 5.91 Å². The number of benzene rings is 1. The maximum atomic E-state index is 12.6. The zero-order valence-electron chi connectivity index (χ0n) is 17.8. The van der Waals surface area contributed by atoms with E-state index in [-0.39, 0.29) is 23.8 Å². The van der Waals surface area contributed by atoms with Crippen LogP contribution in [0.3, 0.4) is 0 Å². The number of H-pyrrole nitrogens is 1. The van der Waals surface area contributed by atoms with Gasteiger partial charge in [-0.15, -0.1) is 11.3 Å². The van der Waals surface area contributed by atoms with Gasteiger partial charge in [-0.3, -0.25) is 9.59 Å². The van der Waals surface area contributed by atoms with Gasteiger partial charge in [0.05, 0.1) is 17.0 Å². The van der Waals surface area contributed by atoms with Crippen LogP contribution in [0.4, 0.5) is 5.69 Å². The lowest BCUT2D eigenvalue weighted by Gasteiger charge is -2.07. The largest absolute Gasteiger partial charge is 0.461 e. The number of hydrogen-bond donors (Lipinski definition) is 2. The second kappa shape index (κ2) is 10.1. The molecule has 0 aliphatic rings. The highest BCUT2D eigenvalue weighted by Crippen LogP contribution is 2.20. The van der Waals surface area contributed by atoms with Gasteiger partial charge >= 0.3 is 11.9 Å². The number of carbonyl (C=O) groups is 4. The molecule has 0 unspecified atom stereocenters. The molecular formula is C23H22N2O6S. The summed E-state index contributed by atoms with van der Waals surface area (Å²) < 4.78 is 10.1. The number of esters is 2. The zero-order chi connectivity index (χ0) is 23.3. The van der Waals surface area contributed by atoms with Crippen LogP contribution in [0.2, 0.25) is 0 Å². The number of aryl methyl sites for hydroxylation is 1. The maximum Gasteiger partial charge on any atom is 0.355 e. The smallest absolute Gasteiger partial charge is 0.355 e. The average Bonchev–Trinajstić information content (AvgIpc) is 3.41. The fourth-order valence-electron chi connectivity index (χ4n) is 3.15. The summed E-state index contributed by atoms with van der Waals surface area (Å²) in [7, 11) is 0. The molecule has 3 rings (SSSR count). The second-order valence-electron chi connectivity index (χ2n) is 6.85. The highest BCUT2D eigenvalue weighted by atomic mass is 32.1. The molecule has 0 radical (unpaired) electrons. The summed E-state index contributed by atoms with van der Waals surface area (Å²) in [6.45, 7) is 4.73. The molecular weight excluding hydrogens is 432 g/mol. The lowest BCUT2D eigenvalue weighted by Crippen LogP contribution is -2.16. The van der Waals surface area contributed by atoms with Gasteiger partial charge in [0, 0.05) is 16.9 Å². The number of ketones is 1. The van der Waals surface area contributed by atoms with E-state index < -0.39 is 24.3 Å². The van der Waals surface area contributed by atoms with Crippen molar-refractivity contribution in [1.29, 1.82) is 0 Å². The molecule has 2 aromatic heterocycles. The van der Waals surface area contributed by atoms with Crippen molar-refractivity contribution >= 4 is 40.7 Å². The number of ether oxygens (including phenoxy) is 2. The molecule has 0 fully saturated rings. The molecule has 0 atom stereocenters. The van der Waals surface area contributed by atoms with Crippen LogP contribution >= 0.6 is 11.3 Å². The van der Waals surface area contributed by atoms with Gasteiger partial charge in [-0.05, 0) is 62.0 Å². The molecule has 32 heavy (non-hydrogen) atoms. The number of anilines is 1. The van der Waals surface area contributed by atoms with E-state index in [1.165, 1.54) is 23.5 Å². The number of aromatic nitrogens is 1. The van der Waals surface area contributed by atoms with Gasteiger partial charge in [0.2, 0.25) is 5.78 Å². The summed E-state index contributed by atoms with van der Waals surface area (Å²) in [6, 6.07) is 9.66. The predicted octanol–water partition coefficient (Wildman–Crippen LogP) is 4.16. The molecule has 0 saturated heterocycles. The highest BCUT2D eigenvalue weighted by Gasteiger charge is 2.23. The standard InChI is InChI=1S/C23H22N2O6S/c1-4-30-23(29)20-13(2)19(14(3)24-20)17(26)12-31-22(28)15-7-9-16(10-8-15)25-21(27)18-6-5-11-32-18/h5-11,24H,4,12H2,1-3H3,(H,25,27). The molecule has 0 aliphatic carbocycles. The average molecular weight is 455 g/mol. The molecule has 0 spiro atoms. The van der Waals surface area contributed by atoms with E-state index >= 15 is 0 Å². The monoisotopic (exact) mass is 454 g/mol. The quantitative estimate of drug-likeness (QED) is 0.390. The van der Waals surface area contributed by atoms with Gasteiger partial charge in [-0.2, -0.15) is 0 Å². The Balaban J connectivity index is 1.60. The third-order valence-electron chi connectivity index (χ3n) is 4.65. The van der Waals surface area contributed by atoms with Crippen LogP contribution in [0.25, 0.3) is 0 Å². The summed E-state index contributed by atoms with van der Waals surface area (Å²) >= 11 is 1.33. The van der Waals surface area contributed by atoms with Crippen molar-refractivity contribution in [3.05, 3.63) is 74.7 Å². The molecule has 8 nitrogen and oxygen atoms in total. The van der Waals surface area contributed by atoms with E-state index in [0.717, 1.165) is 0 Å². The molecule has 0 aliphatic heterocycles. The molecule has 1 aromatic carbocycles. The first-order valence-corrected chi connectivity index (χ1v) is 10.7. The lowest BCUT2D eigenvalue weighted by atomic mass is 10.1. The summed E-state index contributed by atoms with van der Waals surface area (Å²) in [4.78, 5) is 52.4. The number of nitrogens with one attached hydrogen (secondary N) is 2. The van der Waals surface area contributed by atoms with Crippen LogP contribution in [0, 0.1) is 13.8 Å². The minimum absolute atomic E-state index is 0.208. The summed E-state index contributed by atoms with van der Waals surface area (Å²) in [5, 5.41) is 4.55.